The van der Waals surface area contributed by atoms with Gasteiger partial charge in [0.2, 0.25) is 11.8 Å². The average Bonchev–Trinajstić information content (AvgIpc) is 2.68. The molecule has 0 saturated heterocycles. The largest absolute Gasteiger partial charge is 0.496 e. The molecule has 0 fully saturated rings. The Labute approximate surface area is 177 Å². The number of ether oxygens (including phenoxy) is 1. The van der Waals surface area contributed by atoms with E-state index in [1.807, 2.05) is 49.2 Å². The lowest BCUT2D eigenvalue weighted by atomic mass is 10.1. The van der Waals surface area contributed by atoms with Gasteiger partial charge in [0, 0.05) is 29.9 Å². The van der Waals surface area contributed by atoms with Crippen molar-refractivity contribution < 1.29 is 14.3 Å². The molecule has 156 valence electrons. The minimum Gasteiger partial charge on any atom is -0.496 e. The second kappa shape index (κ2) is 10.8. The minimum atomic E-state index is -0.221. The smallest absolute Gasteiger partial charge is 0.243 e. The van der Waals surface area contributed by atoms with Crippen LogP contribution in [0.2, 0.25) is 5.02 Å². The van der Waals surface area contributed by atoms with Gasteiger partial charge in [-0.15, -0.1) is 0 Å². The van der Waals surface area contributed by atoms with Crippen LogP contribution in [-0.2, 0) is 22.6 Å². The van der Waals surface area contributed by atoms with Crippen molar-refractivity contribution in [1.82, 2.24) is 9.80 Å². The van der Waals surface area contributed by atoms with Gasteiger partial charge in [0.05, 0.1) is 20.2 Å². The lowest BCUT2D eigenvalue weighted by Gasteiger charge is -2.22. The Morgan fingerprint density at radius 1 is 1.07 bits per heavy atom. The number of carbonyl (C=O) groups excluding carboxylic acids is 2. The summed E-state index contributed by atoms with van der Waals surface area (Å²) in [6.07, 6.45) is 0.822. The number of para-hydroxylation sites is 1. The van der Waals surface area contributed by atoms with E-state index in [9.17, 15) is 9.59 Å². The number of likely N-dealkylation sites (N-methyl/N-ethyl adjacent to an activating group) is 2. The molecule has 0 atom stereocenters. The van der Waals surface area contributed by atoms with E-state index in [0.717, 1.165) is 29.0 Å². The number of nitrogens with one attached hydrogen (secondary N) is 1. The Morgan fingerprint density at radius 3 is 2.48 bits per heavy atom. The highest BCUT2D eigenvalue weighted by Gasteiger charge is 2.17. The normalized spacial score (nSPS) is 10.7. The number of aryl methyl sites for hydroxylation is 1. The number of methoxy groups -OCH3 is 1. The number of amides is 2. The zero-order valence-electron chi connectivity index (χ0n) is 17.4. The molecule has 0 heterocycles. The number of hydrogen-bond acceptors (Lipinski definition) is 4. The molecule has 2 aromatic carbocycles. The first-order valence-electron chi connectivity index (χ1n) is 9.46. The van der Waals surface area contributed by atoms with Crippen LogP contribution < -0.4 is 10.1 Å². The van der Waals surface area contributed by atoms with Gasteiger partial charge in [-0.05, 0) is 43.3 Å². The molecule has 7 heteroatoms. The molecule has 0 spiro atoms. The van der Waals surface area contributed by atoms with E-state index in [1.165, 1.54) is 4.90 Å². The van der Waals surface area contributed by atoms with Crippen LogP contribution in [0.1, 0.15) is 18.1 Å². The second-order valence-corrected chi connectivity index (χ2v) is 7.37. The van der Waals surface area contributed by atoms with E-state index in [4.69, 9.17) is 16.3 Å². The molecule has 6 nitrogen and oxygen atoms in total. The van der Waals surface area contributed by atoms with Gasteiger partial charge in [-0.1, -0.05) is 36.7 Å². The molecule has 0 unspecified atom stereocenters. The molecular formula is C22H28ClN3O3. The number of hydrogen-bond donors (Lipinski definition) is 1. The van der Waals surface area contributed by atoms with Gasteiger partial charge in [-0.25, -0.2) is 0 Å². The van der Waals surface area contributed by atoms with Gasteiger partial charge in [0.25, 0.3) is 0 Å². The molecule has 0 saturated carbocycles. The summed E-state index contributed by atoms with van der Waals surface area (Å²) < 4.78 is 5.35. The number of halogens is 1. The second-order valence-electron chi connectivity index (χ2n) is 6.94. The van der Waals surface area contributed by atoms with Crippen molar-refractivity contribution in [2.45, 2.75) is 19.9 Å². The maximum atomic E-state index is 12.5. The van der Waals surface area contributed by atoms with Crippen molar-refractivity contribution in [3.63, 3.8) is 0 Å². The zero-order chi connectivity index (χ0) is 21.4. The third-order valence-electron chi connectivity index (χ3n) is 4.57. The average molecular weight is 418 g/mol. The Kier molecular flexibility index (Phi) is 8.49. The predicted octanol–water partition coefficient (Wildman–Crippen LogP) is 3.44. The summed E-state index contributed by atoms with van der Waals surface area (Å²) in [5.74, 6) is 0.351. The number of nitrogens with zero attached hydrogens (tertiary/aromatic N) is 2. The summed E-state index contributed by atoms with van der Waals surface area (Å²) in [4.78, 5) is 28.2. The van der Waals surface area contributed by atoms with Crippen LogP contribution in [0.25, 0.3) is 0 Å². The fourth-order valence-electron chi connectivity index (χ4n) is 3.01. The van der Waals surface area contributed by atoms with Crippen molar-refractivity contribution in [3.05, 3.63) is 58.6 Å². The SMILES string of the molecule is CCc1ccccc1NC(=O)CN(C)C(=O)CN(C)Cc1cc(Cl)ccc1OC. The van der Waals surface area contributed by atoms with Gasteiger partial charge >= 0.3 is 0 Å². The van der Waals surface area contributed by atoms with Crippen LogP contribution in [0.4, 0.5) is 5.69 Å². The highest BCUT2D eigenvalue weighted by Crippen LogP contribution is 2.23. The van der Waals surface area contributed by atoms with Crippen molar-refractivity contribution >= 4 is 29.1 Å². The van der Waals surface area contributed by atoms with Crippen molar-refractivity contribution in [1.29, 1.82) is 0 Å². The zero-order valence-corrected chi connectivity index (χ0v) is 18.1. The maximum Gasteiger partial charge on any atom is 0.243 e. The Bertz CT molecular complexity index is 857. The highest BCUT2D eigenvalue weighted by molar-refractivity contribution is 6.30. The molecule has 1 N–H and O–H groups in total. The number of benzene rings is 2. The van der Waals surface area contributed by atoms with Gasteiger partial charge in [-0.2, -0.15) is 0 Å². The lowest BCUT2D eigenvalue weighted by Crippen LogP contribution is -2.40. The molecule has 0 bridgehead atoms. The quantitative estimate of drug-likeness (QED) is 0.678. The van der Waals surface area contributed by atoms with Crippen LogP contribution in [0, 0.1) is 0 Å². The van der Waals surface area contributed by atoms with Crippen LogP contribution in [0.5, 0.6) is 5.75 Å². The van der Waals surface area contributed by atoms with E-state index in [-0.39, 0.29) is 24.9 Å². The fraction of sp³-hybridized carbons (Fsp3) is 0.364. The van der Waals surface area contributed by atoms with Crippen LogP contribution in [0.15, 0.2) is 42.5 Å². The van der Waals surface area contributed by atoms with Crippen LogP contribution in [0.3, 0.4) is 0 Å². The summed E-state index contributed by atoms with van der Waals surface area (Å²) in [6.45, 7) is 2.70. The van der Waals surface area contributed by atoms with Gasteiger partial charge in [-0.3, -0.25) is 14.5 Å². The third-order valence-corrected chi connectivity index (χ3v) is 4.80. The topological polar surface area (TPSA) is 61.9 Å². The summed E-state index contributed by atoms with van der Waals surface area (Å²) in [5.41, 5.74) is 2.74. The standard InChI is InChI=1S/C22H28ClN3O3/c1-5-16-8-6-7-9-19(16)24-21(27)14-26(3)22(28)15-25(2)13-17-12-18(23)10-11-20(17)29-4/h6-12H,5,13-15H2,1-4H3,(H,24,27). The fourth-order valence-corrected chi connectivity index (χ4v) is 3.21. The summed E-state index contributed by atoms with van der Waals surface area (Å²) in [5, 5.41) is 3.50. The molecule has 2 aromatic rings. The summed E-state index contributed by atoms with van der Waals surface area (Å²) >= 11 is 6.07. The summed E-state index contributed by atoms with van der Waals surface area (Å²) in [6, 6.07) is 13.0. The maximum absolute atomic E-state index is 12.5. The van der Waals surface area contributed by atoms with E-state index in [2.05, 4.69) is 5.32 Å². The molecule has 2 amide bonds. The first-order valence-corrected chi connectivity index (χ1v) is 9.84. The molecule has 0 aliphatic rings. The number of rotatable bonds is 9. The van der Waals surface area contributed by atoms with Gasteiger partial charge in [0.15, 0.2) is 0 Å². The first-order chi connectivity index (χ1) is 13.8. The van der Waals surface area contributed by atoms with E-state index < -0.39 is 0 Å². The van der Waals surface area contributed by atoms with E-state index in [1.54, 1.807) is 26.3 Å². The first kappa shape index (κ1) is 22.7. The summed E-state index contributed by atoms with van der Waals surface area (Å²) in [7, 11) is 5.06. The van der Waals surface area contributed by atoms with Gasteiger partial charge < -0.3 is 15.0 Å². The Hall–Kier alpha value is -2.57. The Morgan fingerprint density at radius 2 is 1.79 bits per heavy atom. The molecule has 0 aromatic heterocycles. The van der Waals surface area contributed by atoms with Crippen LogP contribution in [-0.4, -0.2) is 55.9 Å². The predicted molar refractivity (Wildman–Crippen MR) is 116 cm³/mol. The lowest BCUT2D eigenvalue weighted by molar-refractivity contribution is -0.134. The minimum absolute atomic E-state index is 0.00872. The Balaban J connectivity index is 1.89. The van der Waals surface area contributed by atoms with E-state index >= 15 is 0 Å². The van der Waals surface area contributed by atoms with E-state index in [0.29, 0.717) is 11.6 Å². The third kappa shape index (κ3) is 6.76. The van der Waals surface area contributed by atoms with Crippen molar-refractivity contribution in [2.75, 3.05) is 39.6 Å². The molecule has 0 radical (unpaired) electrons. The molecule has 0 aliphatic heterocycles. The number of carbonyl (C=O) groups is 2. The molecule has 2 rings (SSSR count). The monoisotopic (exact) mass is 417 g/mol. The van der Waals surface area contributed by atoms with Crippen molar-refractivity contribution in [3.8, 4) is 5.75 Å². The van der Waals surface area contributed by atoms with Crippen molar-refractivity contribution in [2.24, 2.45) is 0 Å². The van der Waals surface area contributed by atoms with Gasteiger partial charge in [0.1, 0.15) is 5.75 Å². The van der Waals surface area contributed by atoms with Crippen LogP contribution >= 0.6 is 11.6 Å². The number of anilines is 1. The molecule has 0 aliphatic carbocycles. The highest BCUT2D eigenvalue weighted by atomic mass is 35.5. The molecular weight excluding hydrogens is 390 g/mol. The molecule has 29 heavy (non-hydrogen) atoms.